The molecule has 0 spiro atoms. The van der Waals surface area contributed by atoms with E-state index in [1.54, 1.807) is 0 Å². The van der Waals surface area contributed by atoms with Gasteiger partial charge in [-0.15, -0.1) is 0 Å². The summed E-state index contributed by atoms with van der Waals surface area (Å²) < 4.78 is 5.29. The highest BCUT2D eigenvalue weighted by Crippen LogP contribution is 2.07. The van der Waals surface area contributed by atoms with Gasteiger partial charge in [0.1, 0.15) is 12.7 Å². The molecule has 0 bridgehead atoms. The van der Waals surface area contributed by atoms with Gasteiger partial charge in [-0.05, 0) is 27.2 Å². The average Bonchev–Trinajstić information content (AvgIpc) is 2.15. The fraction of sp³-hybridized carbons (Fsp3) is 1.00. The molecule has 1 atom stereocenters. The van der Waals surface area contributed by atoms with Crippen LogP contribution in [0.2, 0.25) is 0 Å². The standard InChI is InChI=1S/C12H26O4/c1-5-6-7-8-14-9-11(13)10-15-16-12(2,3)4/h11,13H,5-10H2,1-4H3. The first-order valence-corrected chi connectivity index (χ1v) is 6.02. The molecule has 0 aromatic heterocycles. The van der Waals surface area contributed by atoms with Gasteiger partial charge < -0.3 is 9.84 Å². The van der Waals surface area contributed by atoms with Gasteiger partial charge in [0.05, 0.1) is 12.2 Å². The van der Waals surface area contributed by atoms with Crippen LogP contribution in [0.3, 0.4) is 0 Å². The molecule has 16 heavy (non-hydrogen) atoms. The molecule has 0 radical (unpaired) electrons. The van der Waals surface area contributed by atoms with Crippen molar-refractivity contribution in [3.63, 3.8) is 0 Å². The minimum atomic E-state index is -0.621. The summed E-state index contributed by atoms with van der Waals surface area (Å²) >= 11 is 0. The van der Waals surface area contributed by atoms with Gasteiger partial charge in [0.15, 0.2) is 0 Å². The molecule has 0 aliphatic rings. The van der Waals surface area contributed by atoms with E-state index >= 15 is 0 Å². The van der Waals surface area contributed by atoms with Crippen LogP contribution < -0.4 is 0 Å². The van der Waals surface area contributed by atoms with Crippen molar-refractivity contribution in [3.8, 4) is 0 Å². The Morgan fingerprint density at radius 3 is 2.38 bits per heavy atom. The Labute approximate surface area is 98.8 Å². The summed E-state index contributed by atoms with van der Waals surface area (Å²) in [6, 6.07) is 0. The quantitative estimate of drug-likeness (QED) is 0.378. The Morgan fingerprint density at radius 1 is 1.12 bits per heavy atom. The smallest absolute Gasteiger partial charge is 0.110 e. The molecule has 4 heteroatoms. The molecule has 0 saturated heterocycles. The third kappa shape index (κ3) is 11.9. The third-order valence-electron chi connectivity index (χ3n) is 1.77. The van der Waals surface area contributed by atoms with Crippen LogP contribution in [0.25, 0.3) is 0 Å². The van der Waals surface area contributed by atoms with Gasteiger partial charge in [0, 0.05) is 6.61 Å². The molecular weight excluding hydrogens is 208 g/mol. The minimum absolute atomic E-state index is 0.144. The largest absolute Gasteiger partial charge is 0.388 e. The molecule has 0 aliphatic heterocycles. The highest BCUT2D eigenvalue weighted by atomic mass is 17.2. The Balaban J connectivity index is 3.28. The minimum Gasteiger partial charge on any atom is -0.388 e. The van der Waals surface area contributed by atoms with Gasteiger partial charge in [0.2, 0.25) is 0 Å². The second-order valence-electron chi connectivity index (χ2n) is 4.92. The van der Waals surface area contributed by atoms with Crippen LogP contribution in [-0.4, -0.2) is 36.6 Å². The zero-order valence-electron chi connectivity index (χ0n) is 11.0. The lowest BCUT2D eigenvalue weighted by Crippen LogP contribution is -2.26. The molecule has 4 nitrogen and oxygen atoms in total. The lowest BCUT2D eigenvalue weighted by Gasteiger charge is -2.19. The summed E-state index contributed by atoms with van der Waals surface area (Å²) in [6.07, 6.45) is 2.76. The topological polar surface area (TPSA) is 47.9 Å². The number of unbranched alkanes of at least 4 members (excludes halogenated alkanes) is 2. The zero-order chi connectivity index (χ0) is 12.4. The van der Waals surface area contributed by atoms with Gasteiger partial charge in [-0.2, -0.15) is 0 Å². The summed E-state index contributed by atoms with van der Waals surface area (Å²) in [6.45, 7) is 8.96. The Morgan fingerprint density at radius 2 is 1.81 bits per heavy atom. The Kier molecular flexibility index (Phi) is 8.84. The van der Waals surface area contributed by atoms with E-state index in [-0.39, 0.29) is 12.2 Å². The predicted octanol–water partition coefficient (Wildman–Crippen LogP) is 2.30. The SMILES string of the molecule is CCCCCOCC(O)COOC(C)(C)C. The molecule has 0 aliphatic carbocycles. The van der Waals surface area contributed by atoms with Crippen molar-refractivity contribution >= 4 is 0 Å². The maximum Gasteiger partial charge on any atom is 0.110 e. The van der Waals surface area contributed by atoms with Gasteiger partial charge >= 0.3 is 0 Å². The van der Waals surface area contributed by atoms with Crippen molar-refractivity contribution in [1.29, 1.82) is 0 Å². The van der Waals surface area contributed by atoms with E-state index in [0.717, 1.165) is 6.42 Å². The van der Waals surface area contributed by atoms with Crippen LogP contribution in [-0.2, 0) is 14.5 Å². The number of hydrogen-bond donors (Lipinski definition) is 1. The Bertz CT molecular complexity index is 154. The fourth-order valence-electron chi connectivity index (χ4n) is 1.01. The fourth-order valence-corrected chi connectivity index (χ4v) is 1.01. The average molecular weight is 234 g/mol. The molecule has 0 heterocycles. The van der Waals surface area contributed by atoms with Crippen molar-refractivity contribution in [3.05, 3.63) is 0 Å². The monoisotopic (exact) mass is 234 g/mol. The van der Waals surface area contributed by atoms with Gasteiger partial charge in [0.25, 0.3) is 0 Å². The Hall–Kier alpha value is -0.160. The molecule has 0 fully saturated rings. The lowest BCUT2D eigenvalue weighted by molar-refractivity contribution is -0.357. The van der Waals surface area contributed by atoms with Crippen molar-refractivity contribution in [2.24, 2.45) is 0 Å². The van der Waals surface area contributed by atoms with Crippen LogP contribution in [0.1, 0.15) is 47.0 Å². The first-order valence-electron chi connectivity index (χ1n) is 6.02. The molecule has 0 aromatic carbocycles. The number of hydrogen-bond acceptors (Lipinski definition) is 4. The first-order chi connectivity index (χ1) is 7.45. The zero-order valence-corrected chi connectivity index (χ0v) is 11.0. The van der Waals surface area contributed by atoms with E-state index < -0.39 is 6.10 Å². The normalized spacial score (nSPS) is 14.1. The van der Waals surface area contributed by atoms with E-state index in [1.807, 2.05) is 20.8 Å². The van der Waals surface area contributed by atoms with Gasteiger partial charge in [-0.1, -0.05) is 19.8 Å². The van der Waals surface area contributed by atoms with Crippen LogP contribution in [0.15, 0.2) is 0 Å². The van der Waals surface area contributed by atoms with Crippen molar-refractivity contribution < 1.29 is 19.6 Å². The molecule has 0 aromatic rings. The van der Waals surface area contributed by atoms with E-state index in [4.69, 9.17) is 14.5 Å². The van der Waals surface area contributed by atoms with Gasteiger partial charge in [-0.3, -0.25) is 0 Å². The van der Waals surface area contributed by atoms with Crippen molar-refractivity contribution in [2.75, 3.05) is 19.8 Å². The van der Waals surface area contributed by atoms with E-state index in [2.05, 4.69) is 6.92 Å². The lowest BCUT2D eigenvalue weighted by atomic mass is 10.2. The van der Waals surface area contributed by atoms with Gasteiger partial charge in [-0.25, -0.2) is 9.78 Å². The molecule has 0 saturated carbocycles. The highest BCUT2D eigenvalue weighted by Gasteiger charge is 2.13. The molecule has 0 amide bonds. The van der Waals surface area contributed by atoms with Crippen molar-refractivity contribution in [2.45, 2.75) is 58.7 Å². The summed E-state index contributed by atoms with van der Waals surface area (Å²) in [5, 5.41) is 9.47. The number of aliphatic hydroxyl groups is 1. The number of rotatable bonds is 9. The second kappa shape index (κ2) is 8.93. The third-order valence-corrected chi connectivity index (χ3v) is 1.77. The molecule has 1 N–H and O–H groups in total. The summed E-state index contributed by atoms with van der Waals surface area (Å²) in [7, 11) is 0. The van der Waals surface area contributed by atoms with Crippen LogP contribution in [0.5, 0.6) is 0 Å². The second-order valence-corrected chi connectivity index (χ2v) is 4.92. The summed E-state index contributed by atoms with van der Waals surface area (Å²) in [4.78, 5) is 9.94. The summed E-state index contributed by atoms with van der Waals surface area (Å²) in [5.74, 6) is 0. The van der Waals surface area contributed by atoms with Crippen molar-refractivity contribution in [1.82, 2.24) is 0 Å². The van der Waals surface area contributed by atoms with E-state index in [9.17, 15) is 5.11 Å². The van der Waals surface area contributed by atoms with E-state index in [0.29, 0.717) is 13.2 Å². The van der Waals surface area contributed by atoms with E-state index in [1.165, 1.54) is 12.8 Å². The maximum absolute atomic E-state index is 9.47. The highest BCUT2D eigenvalue weighted by molar-refractivity contribution is 4.55. The number of ether oxygens (including phenoxy) is 1. The molecular formula is C12H26O4. The van der Waals surface area contributed by atoms with Crippen LogP contribution in [0, 0.1) is 0 Å². The number of aliphatic hydroxyl groups excluding tert-OH is 1. The predicted molar refractivity (Wildman–Crippen MR) is 63.1 cm³/mol. The molecule has 98 valence electrons. The van der Waals surface area contributed by atoms with Crippen LogP contribution in [0.4, 0.5) is 0 Å². The summed E-state index contributed by atoms with van der Waals surface area (Å²) in [5.41, 5.74) is -0.346. The molecule has 0 rings (SSSR count). The first kappa shape index (κ1) is 15.8. The maximum atomic E-state index is 9.47. The molecule has 1 unspecified atom stereocenters. The van der Waals surface area contributed by atoms with Crippen LogP contribution >= 0.6 is 0 Å².